The number of nitrogens with zero attached hydrogens (tertiary/aromatic N) is 6. The van der Waals surface area contributed by atoms with Gasteiger partial charge in [-0.1, -0.05) is 0 Å². The first-order valence-corrected chi connectivity index (χ1v) is 11.5. The summed E-state index contributed by atoms with van der Waals surface area (Å²) < 4.78 is 10.3. The molecule has 1 fully saturated rings. The smallest absolute Gasteiger partial charge is 0.128 e. The molecule has 0 amide bonds. The van der Waals surface area contributed by atoms with Crippen LogP contribution in [0.1, 0.15) is 38.6 Å². The second-order valence-electron chi connectivity index (χ2n) is 8.75. The van der Waals surface area contributed by atoms with Crippen LogP contribution in [0, 0.1) is 0 Å². The van der Waals surface area contributed by atoms with Gasteiger partial charge >= 0.3 is 0 Å². The highest BCUT2D eigenvalue weighted by Gasteiger charge is 2.27. The van der Waals surface area contributed by atoms with Crippen molar-refractivity contribution in [1.82, 2.24) is 29.4 Å². The lowest BCUT2D eigenvalue weighted by Gasteiger charge is -2.31. The summed E-state index contributed by atoms with van der Waals surface area (Å²) in [6.45, 7) is 3.76. The van der Waals surface area contributed by atoms with Crippen LogP contribution in [0.15, 0.2) is 48.8 Å². The van der Waals surface area contributed by atoms with Gasteiger partial charge in [0.15, 0.2) is 0 Å². The predicted molar refractivity (Wildman–Crippen MR) is 126 cm³/mol. The lowest BCUT2D eigenvalue weighted by Crippen LogP contribution is -2.27. The summed E-state index contributed by atoms with van der Waals surface area (Å²) in [7, 11) is 4.00. The van der Waals surface area contributed by atoms with Crippen LogP contribution in [-0.4, -0.2) is 55.7 Å². The number of anilines is 1. The van der Waals surface area contributed by atoms with Crippen molar-refractivity contribution in [3.63, 3.8) is 0 Å². The third kappa shape index (κ3) is 4.09. The molecule has 5 rings (SSSR count). The van der Waals surface area contributed by atoms with Gasteiger partial charge in [-0.15, -0.1) is 0 Å². The molecular formula is C24H31N7O. The zero-order valence-corrected chi connectivity index (χ0v) is 19.0. The van der Waals surface area contributed by atoms with E-state index in [2.05, 4.69) is 63.4 Å². The van der Waals surface area contributed by atoms with E-state index in [1.807, 2.05) is 30.3 Å². The van der Waals surface area contributed by atoms with E-state index in [4.69, 9.17) is 9.84 Å². The van der Waals surface area contributed by atoms with Crippen molar-refractivity contribution in [2.75, 3.05) is 25.5 Å². The molecule has 4 heterocycles. The third-order valence-electron chi connectivity index (χ3n) is 6.26. The van der Waals surface area contributed by atoms with Crippen molar-refractivity contribution in [2.45, 2.75) is 44.8 Å². The number of aromatic nitrogens is 5. The summed E-state index contributed by atoms with van der Waals surface area (Å²) in [4.78, 5) is 6.75. The maximum Gasteiger partial charge on any atom is 0.128 e. The molecule has 0 spiro atoms. The lowest BCUT2D eigenvalue weighted by molar-refractivity contribution is 0.0594. The van der Waals surface area contributed by atoms with Gasteiger partial charge in [0.2, 0.25) is 0 Å². The molecule has 3 aromatic heterocycles. The normalized spacial score (nSPS) is 21.1. The summed E-state index contributed by atoms with van der Waals surface area (Å²) in [5.74, 6) is 1.94. The predicted octanol–water partition coefficient (Wildman–Crippen LogP) is 4.11. The van der Waals surface area contributed by atoms with E-state index in [-0.39, 0.29) is 6.10 Å². The van der Waals surface area contributed by atoms with Gasteiger partial charge in [0.1, 0.15) is 17.3 Å². The topological polar surface area (TPSA) is 73.0 Å². The molecule has 0 radical (unpaired) electrons. The number of likely N-dealkylation sites (N-methyl/N-ethyl adjacent to an activating group) is 1. The van der Waals surface area contributed by atoms with Crippen molar-refractivity contribution >= 4 is 16.7 Å². The van der Waals surface area contributed by atoms with E-state index in [1.54, 1.807) is 0 Å². The molecule has 0 unspecified atom stereocenters. The zero-order chi connectivity index (χ0) is 22.1. The van der Waals surface area contributed by atoms with Gasteiger partial charge in [0, 0.05) is 50.0 Å². The van der Waals surface area contributed by atoms with E-state index in [0.717, 1.165) is 72.5 Å². The van der Waals surface area contributed by atoms with E-state index < -0.39 is 0 Å². The molecule has 0 atom stereocenters. The number of allylic oxidation sites excluding steroid dienone is 2. The Morgan fingerprint density at radius 2 is 2.00 bits per heavy atom. The molecule has 8 nitrogen and oxygen atoms in total. The second-order valence-corrected chi connectivity index (χ2v) is 8.75. The molecular weight excluding hydrogens is 402 g/mol. The van der Waals surface area contributed by atoms with Crippen molar-refractivity contribution < 1.29 is 4.74 Å². The number of rotatable bonds is 6. The van der Waals surface area contributed by atoms with Crippen LogP contribution in [0.5, 0.6) is 0 Å². The molecule has 1 saturated carbocycles. The van der Waals surface area contributed by atoms with Crippen LogP contribution in [0.3, 0.4) is 0 Å². The Labute approximate surface area is 188 Å². The molecule has 2 aliphatic rings. The molecule has 0 aromatic carbocycles. The quantitative estimate of drug-likeness (QED) is 0.631. The van der Waals surface area contributed by atoms with Gasteiger partial charge in [-0.2, -0.15) is 10.2 Å². The Bertz CT molecular complexity index is 1150. The summed E-state index contributed by atoms with van der Waals surface area (Å²) in [5.41, 5.74) is 3.10. The molecule has 1 aliphatic heterocycles. The maximum absolute atomic E-state index is 6.31. The Hall–Kier alpha value is -3.29. The van der Waals surface area contributed by atoms with Gasteiger partial charge in [0.25, 0.3) is 0 Å². The second kappa shape index (κ2) is 8.68. The monoisotopic (exact) mass is 433 g/mol. The van der Waals surface area contributed by atoms with E-state index in [1.165, 1.54) is 0 Å². The molecule has 168 valence electrons. The van der Waals surface area contributed by atoms with Crippen LogP contribution in [-0.2, 0) is 11.8 Å². The third-order valence-corrected chi connectivity index (χ3v) is 6.26. The van der Waals surface area contributed by atoms with Crippen LogP contribution in [0.4, 0.5) is 5.82 Å². The van der Waals surface area contributed by atoms with E-state index >= 15 is 0 Å². The standard InChI is InChI=1S/C24H31N7O/c1-4-25-23-12-22-21(14-26-23)24(17-13-27-30(3)15-17)28-31(22)18-7-9-19(10-8-18)32-20-6-5-11-29(2)16-20/h5-6,11-15,18-19H,4,7-10,16H2,1-3H3,(H,25,26). The number of nitrogens with one attached hydrogen (secondary N) is 1. The minimum atomic E-state index is 0.274. The fraction of sp³-hybridized carbons (Fsp3) is 0.458. The molecule has 1 aliphatic carbocycles. The van der Waals surface area contributed by atoms with Crippen LogP contribution < -0.4 is 5.32 Å². The van der Waals surface area contributed by atoms with Gasteiger partial charge < -0.3 is 15.0 Å². The van der Waals surface area contributed by atoms with Gasteiger partial charge in [-0.25, -0.2) is 4.98 Å². The van der Waals surface area contributed by atoms with Crippen LogP contribution in [0.25, 0.3) is 22.2 Å². The Balaban J connectivity index is 1.39. The summed E-state index contributed by atoms with van der Waals surface area (Å²) >= 11 is 0. The SMILES string of the molecule is CCNc1cc2c(cn1)c(-c1cnn(C)c1)nn2C1CCC(OC2=CC=CN(C)C2)CC1. The summed E-state index contributed by atoms with van der Waals surface area (Å²) in [5, 5.41) is 13.8. The average Bonchev–Trinajstić information content (AvgIpc) is 3.38. The van der Waals surface area contributed by atoms with E-state index in [0.29, 0.717) is 6.04 Å². The minimum Gasteiger partial charge on any atom is -0.493 e. The van der Waals surface area contributed by atoms with Crippen molar-refractivity contribution in [2.24, 2.45) is 7.05 Å². The summed E-state index contributed by atoms with van der Waals surface area (Å²) in [6.07, 6.45) is 16.5. The molecule has 0 bridgehead atoms. The van der Waals surface area contributed by atoms with Crippen molar-refractivity contribution in [3.8, 4) is 11.3 Å². The number of ether oxygens (including phenoxy) is 1. The zero-order valence-electron chi connectivity index (χ0n) is 19.0. The number of aryl methyl sites for hydroxylation is 1. The maximum atomic E-state index is 6.31. The Morgan fingerprint density at radius 1 is 1.16 bits per heavy atom. The molecule has 8 heteroatoms. The molecule has 3 aromatic rings. The highest BCUT2D eigenvalue weighted by molar-refractivity contribution is 5.93. The first-order chi connectivity index (χ1) is 15.6. The summed E-state index contributed by atoms with van der Waals surface area (Å²) in [6, 6.07) is 2.48. The van der Waals surface area contributed by atoms with Gasteiger partial charge in [0.05, 0.1) is 30.4 Å². The minimum absolute atomic E-state index is 0.274. The Morgan fingerprint density at radius 3 is 2.72 bits per heavy atom. The first-order valence-electron chi connectivity index (χ1n) is 11.5. The van der Waals surface area contributed by atoms with Crippen LogP contribution >= 0.6 is 0 Å². The fourth-order valence-corrected chi connectivity index (χ4v) is 4.69. The highest BCUT2D eigenvalue weighted by Crippen LogP contribution is 2.36. The van der Waals surface area contributed by atoms with Gasteiger partial charge in [-0.3, -0.25) is 9.36 Å². The Kier molecular flexibility index (Phi) is 5.59. The molecule has 32 heavy (non-hydrogen) atoms. The number of hydrogen-bond acceptors (Lipinski definition) is 6. The van der Waals surface area contributed by atoms with Gasteiger partial charge in [-0.05, 0) is 51.0 Å². The molecule has 0 saturated heterocycles. The number of fused-ring (bicyclic) bond motifs is 1. The molecule has 1 N–H and O–H groups in total. The van der Waals surface area contributed by atoms with E-state index in [9.17, 15) is 0 Å². The average molecular weight is 434 g/mol. The highest BCUT2D eigenvalue weighted by atomic mass is 16.5. The lowest BCUT2D eigenvalue weighted by atomic mass is 9.93. The van der Waals surface area contributed by atoms with Crippen molar-refractivity contribution in [3.05, 3.63) is 48.8 Å². The fourth-order valence-electron chi connectivity index (χ4n) is 4.69. The van der Waals surface area contributed by atoms with Crippen LogP contribution in [0.2, 0.25) is 0 Å². The number of hydrogen-bond donors (Lipinski definition) is 1. The largest absolute Gasteiger partial charge is 0.493 e. The first kappa shape index (κ1) is 20.6. The van der Waals surface area contributed by atoms with Crippen molar-refractivity contribution in [1.29, 1.82) is 0 Å². The number of pyridine rings is 1.